The van der Waals surface area contributed by atoms with Crippen LogP contribution < -0.4 is 10.5 Å². The Morgan fingerprint density at radius 1 is 1.53 bits per heavy atom. The molecule has 0 bridgehead atoms. The predicted molar refractivity (Wildman–Crippen MR) is 68.7 cm³/mol. The van der Waals surface area contributed by atoms with E-state index in [4.69, 9.17) is 4.74 Å². The quantitative estimate of drug-likeness (QED) is 0.814. The number of H-pyrrole nitrogens is 1. The Morgan fingerprint density at radius 2 is 2.24 bits per heavy atom. The Hall–Kier alpha value is -1.36. The highest BCUT2D eigenvalue weighted by Crippen LogP contribution is 2.12. The number of nitrogens with zero attached hydrogens (tertiary/aromatic N) is 2. The molecule has 1 heterocycles. The van der Waals surface area contributed by atoms with Crippen LogP contribution in [0.15, 0.2) is 10.9 Å². The highest BCUT2D eigenvalue weighted by molar-refractivity contribution is 5.37. The van der Waals surface area contributed by atoms with Crippen molar-refractivity contribution in [2.45, 2.75) is 26.7 Å². The van der Waals surface area contributed by atoms with Gasteiger partial charge in [0.1, 0.15) is 11.6 Å². The van der Waals surface area contributed by atoms with Crippen molar-refractivity contribution >= 4 is 5.82 Å². The highest BCUT2D eigenvalue weighted by Gasteiger charge is 2.10. The summed E-state index contributed by atoms with van der Waals surface area (Å²) in [6, 6.07) is 1.53. The minimum absolute atomic E-state index is 0.102. The number of hydrogen-bond donors (Lipinski definition) is 1. The number of anilines is 1. The second-order valence-electron chi connectivity index (χ2n) is 4.22. The molecule has 0 unspecified atom stereocenters. The van der Waals surface area contributed by atoms with Gasteiger partial charge in [-0.05, 0) is 6.92 Å². The van der Waals surface area contributed by atoms with Gasteiger partial charge in [0.05, 0.1) is 6.61 Å². The largest absolute Gasteiger partial charge is 0.383 e. The fourth-order valence-electron chi connectivity index (χ4n) is 1.53. The first-order valence-corrected chi connectivity index (χ1v) is 5.93. The topological polar surface area (TPSA) is 58.2 Å². The minimum Gasteiger partial charge on any atom is -0.383 e. The molecule has 1 aromatic rings. The van der Waals surface area contributed by atoms with Gasteiger partial charge in [-0.1, -0.05) is 13.8 Å². The number of rotatable bonds is 6. The predicted octanol–water partition coefficient (Wildman–Crippen LogP) is 1.37. The van der Waals surface area contributed by atoms with Gasteiger partial charge in [0, 0.05) is 32.2 Å². The second-order valence-corrected chi connectivity index (χ2v) is 4.22. The van der Waals surface area contributed by atoms with Crippen LogP contribution in [0.2, 0.25) is 0 Å². The first kappa shape index (κ1) is 13.7. The summed E-state index contributed by atoms with van der Waals surface area (Å²) >= 11 is 0. The maximum absolute atomic E-state index is 11.6. The standard InChI is InChI=1S/C12H21N3O2/c1-5-15(6-7-17-4)10-8-11(16)14-12(13-10)9(2)3/h8-9H,5-7H2,1-4H3,(H,13,14,16). The van der Waals surface area contributed by atoms with E-state index in [0.717, 1.165) is 24.7 Å². The molecule has 5 nitrogen and oxygen atoms in total. The number of hydrogen-bond acceptors (Lipinski definition) is 4. The third-order valence-electron chi connectivity index (χ3n) is 2.56. The SMILES string of the molecule is CCN(CCOC)c1cc(=O)[nH]c(C(C)C)n1. The lowest BCUT2D eigenvalue weighted by molar-refractivity contribution is 0.205. The second kappa shape index (κ2) is 6.39. The van der Waals surface area contributed by atoms with Crippen molar-refractivity contribution < 1.29 is 4.74 Å². The lowest BCUT2D eigenvalue weighted by Gasteiger charge is -2.22. The molecule has 96 valence electrons. The number of nitrogens with one attached hydrogen (secondary N) is 1. The van der Waals surface area contributed by atoms with Crippen LogP contribution in [0.4, 0.5) is 5.82 Å². The molecule has 0 saturated heterocycles. The molecule has 0 aliphatic rings. The minimum atomic E-state index is -0.102. The van der Waals surface area contributed by atoms with Crippen molar-refractivity contribution in [1.29, 1.82) is 0 Å². The van der Waals surface area contributed by atoms with E-state index in [0.29, 0.717) is 6.61 Å². The van der Waals surface area contributed by atoms with Crippen LogP contribution in [0.5, 0.6) is 0 Å². The molecule has 5 heteroatoms. The Labute approximate surface area is 102 Å². The molecule has 0 aliphatic heterocycles. The van der Waals surface area contributed by atoms with Crippen LogP contribution >= 0.6 is 0 Å². The number of aromatic amines is 1. The molecule has 0 aliphatic carbocycles. The van der Waals surface area contributed by atoms with Crippen molar-refractivity contribution in [2.24, 2.45) is 0 Å². The van der Waals surface area contributed by atoms with Crippen LogP contribution in [-0.4, -0.2) is 36.8 Å². The molecule has 1 aromatic heterocycles. The number of ether oxygens (including phenoxy) is 1. The van der Waals surface area contributed by atoms with Crippen molar-refractivity contribution in [2.75, 3.05) is 31.7 Å². The van der Waals surface area contributed by atoms with Crippen molar-refractivity contribution in [3.8, 4) is 0 Å². The monoisotopic (exact) mass is 239 g/mol. The molecular formula is C12H21N3O2. The molecule has 1 N–H and O–H groups in total. The van der Waals surface area contributed by atoms with Gasteiger partial charge in [-0.3, -0.25) is 4.79 Å². The average molecular weight is 239 g/mol. The Balaban J connectivity index is 2.98. The molecule has 0 spiro atoms. The van der Waals surface area contributed by atoms with E-state index >= 15 is 0 Å². The van der Waals surface area contributed by atoms with E-state index in [9.17, 15) is 4.79 Å². The zero-order valence-corrected chi connectivity index (χ0v) is 11.0. The summed E-state index contributed by atoms with van der Waals surface area (Å²) in [6.45, 7) is 8.21. The van der Waals surface area contributed by atoms with Gasteiger partial charge in [-0.2, -0.15) is 0 Å². The van der Waals surface area contributed by atoms with Crippen LogP contribution in [0, 0.1) is 0 Å². The van der Waals surface area contributed by atoms with Crippen molar-refractivity contribution in [3.63, 3.8) is 0 Å². The molecular weight excluding hydrogens is 218 g/mol. The zero-order valence-electron chi connectivity index (χ0n) is 11.0. The van der Waals surface area contributed by atoms with E-state index in [1.165, 1.54) is 6.07 Å². The van der Waals surface area contributed by atoms with Gasteiger partial charge < -0.3 is 14.6 Å². The molecule has 0 amide bonds. The third kappa shape index (κ3) is 3.85. The summed E-state index contributed by atoms with van der Waals surface area (Å²) < 4.78 is 5.05. The van der Waals surface area contributed by atoms with Crippen molar-refractivity contribution in [3.05, 3.63) is 22.2 Å². The Morgan fingerprint density at radius 3 is 2.76 bits per heavy atom. The molecule has 0 aromatic carbocycles. The Bertz CT molecular complexity index is 401. The average Bonchev–Trinajstić information content (AvgIpc) is 2.29. The number of methoxy groups -OCH3 is 1. The lowest BCUT2D eigenvalue weighted by Crippen LogP contribution is -2.29. The molecule has 17 heavy (non-hydrogen) atoms. The number of likely N-dealkylation sites (N-methyl/N-ethyl adjacent to an activating group) is 1. The zero-order chi connectivity index (χ0) is 12.8. The van der Waals surface area contributed by atoms with E-state index in [1.807, 2.05) is 25.7 Å². The van der Waals surface area contributed by atoms with Crippen LogP contribution in [-0.2, 0) is 4.74 Å². The summed E-state index contributed by atoms with van der Waals surface area (Å²) in [6.07, 6.45) is 0. The van der Waals surface area contributed by atoms with Gasteiger partial charge in [0.15, 0.2) is 0 Å². The third-order valence-corrected chi connectivity index (χ3v) is 2.56. The van der Waals surface area contributed by atoms with E-state index in [1.54, 1.807) is 7.11 Å². The molecule has 0 saturated carbocycles. The van der Waals surface area contributed by atoms with Crippen LogP contribution in [0.3, 0.4) is 0 Å². The highest BCUT2D eigenvalue weighted by atomic mass is 16.5. The summed E-state index contributed by atoms with van der Waals surface area (Å²) in [4.78, 5) is 20.8. The molecule has 0 radical (unpaired) electrons. The normalized spacial score (nSPS) is 10.9. The van der Waals surface area contributed by atoms with Crippen molar-refractivity contribution in [1.82, 2.24) is 9.97 Å². The summed E-state index contributed by atoms with van der Waals surface area (Å²) in [5, 5.41) is 0. The van der Waals surface area contributed by atoms with Crippen LogP contribution in [0.25, 0.3) is 0 Å². The van der Waals surface area contributed by atoms with E-state index < -0.39 is 0 Å². The molecule has 0 atom stereocenters. The summed E-state index contributed by atoms with van der Waals surface area (Å²) in [5.74, 6) is 1.66. The van der Waals surface area contributed by atoms with Crippen LogP contribution in [0.1, 0.15) is 32.5 Å². The first-order valence-electron chi connectivity index (χ1n) is 5.93. The maximum Gasteiger partial charge on any atom is 0.252 e. The fourth-order valence-corrected chi connectivity index (χ4v) is 1.53. The van der Waals surface area contributed by atoms with Gasteiger partial charge >= 0.3 is 0 Å². The van der Waals surface area contributed by atoms with E-state index in [2.05, 4.69) is 9.97 Å². The fraction of sp³-hybridized carbons (Fsp3) is 0.667. The summed E-state index contributed by atoms with van der Waals surface area (Å²) in [5.41, 5.74) is -0.102. The van der Waals surface area contributed by atoms with E-state index in [-0.39, 0.29) is 11.5 Å². The lowest BCUT2D eigenvalue weighted by atomic mass is 10.2. The van der Waals surface area contributed by atoms with Gasteiger partial charge in [-0.25, -0.2) is 4.98 Å². The maximum atomic E-state index is 11.6. The smallest absolute Gasteiger partial charge is 0.252 e. The molecule has 0 fully saturated rings. The van der Waals surface area contributed by atoms with Gasteiger partial charge in [0.2, 0.25) is 0 Å². The van der Waals surface area contributed by atoms with Gasteiger partial charge in [0.25, 0.3) is 5.56 Å². The number of aromatic nitrogens is 2. The Kier molecular flexibility index (Phi) is 5.15. The summed E-state index contributed by atoms with van der Waals surface area (Å²) in [7, 11) is 1.67. The molecule has 1 rings (SSSR count). The first-order chi connectivity index (χ1) is 8.08. The van der Waals surface area contributed by atoms with Gasteiger partial charge in [-0.15, -0.1) is 0 Å².